The van der Waals surface area contributed by atoms with Crippen molar-refractivity contribution >= 4 is 11.6 Å². The number of aromatic nitrogens is 4. The lowest BCUT2D eigenvalue weighted by Crippen LogP contribution is -2.40. The topological polar surface area (TPSA) is 72.6 Å². The number of benzene rings is 1. The zero-order chi connectivity index (χ0) is 21.9. The van der Waals surface area contributed by atoms with Crippen molar-refractivity contribution in [1.82, 2.24) is 24.5 Å². The zero-order valence-corrected chi connectivity index (χ0v) is 17.7. The van der Waals surface area contributed by atoms with Gasteiger partial charge in [-0.1, -0.05) is 24.0 Å². The van der Waals surface area contributed by atoms with Gasteiger partial charge in [-0.15, -0.1) is 0 Å². The van der Waals surface area contributed by atoms with E-state index in [2.05, 4.69) is 21.9 Å². The van der Waals surface area contributed by atoms with Gasteiger partial charge in [0.15, 0.2) is 5.65 Å². The number of aryl methyl sites for hydroxylation is 1. The van der Waals surface area contributed by atoms with Crippen LogP contribution in [0.15, 0.2) is 61.2 Å². The van der Waals surface area contributed by atoms with Gasteiger partial charge >= 0.3 is 0 Å². The quantitative estimate of drug-likeness (QED) is 0.464. The molecule has 0 saturated carbocycles. The summed E-state index contributed by atoms with van der Waals surface area (Å²) in [5, 5.41) is 4.36. The molecule has 0 N–H and O–H groups in total. The third-order valence-corrected chi connectivity index (χ3v) is 5.45. The van der Waals surface area contributed by atoms with E-state index in [9.17, 15) is 4.79 Å². The van der Waals surface area contributed by atoms with E-state index in [-0.39, 0.29) is 5.91 Å². The summed E-state index contributed by atoms with van der Waals surface area (Å²) in [5.74, 6) is 6.39. The van der Waals surface area contributed by atoms with E-state index in [1.165, 1.54) is 0 Å². The molecule has 1 amide bonds. The number of carbonyl (C=O) groups excluding carboxylic acids is 1. The van der Waals surface area contributed by atoms with Crippen molar-refractivity contribution in [3.63, 3.8) is 0 Å². The van der Waals surface area contributed by atoms with Crippen LogP contribution < -0.4 is 0 Å². The first-order valence-electron chi connectivity index (χ1n) is 10.4. The van der Waals surface area contributed by atoms with Crippen LogP contribution in [0.25, 0.3) is 16.9 Å². The Morgan fingerprint density at radius 1 is 1.00 bits per heavy atom. The molecule has 4 heterocycles. The molecule has 0 radical (unpaired) electrons. The Bertz CT molecular complexity index is 1340. The molecule has 7 heteroatoms. The summed E-state index contributed by atoms with van der Waals surface area (Å²) < 4.78 is 7.04. The third kappa shape index (κ3) is 3.96. The lowest BCUT2D eigenvalue weighted by molar-refractivity contribution is 0.0303. The van der Waals surface area contributed by atoms with Crippen LogP contribution >= 0.6 is 0 Å². The molecule has 32 heavy (non-hydrogen) atoms. The summed E-state index contributed by atoms with van der Waals surface area (Å²) in [7, 11) is 0. The van der Waals surface area contributed by atoms with E-state index >= 15 is 0 Å². The van der Waals surface area contributed by atoms with Gasteiger partial charge in [0.25, 0.3) is 5.91 Å². The molecule has 0 unspecified atom stereocenters. The Hall–Kier alpha value is -4.02. The molecule has 0 aliphatic carbocycles. The molecule has 0 bridgehead atoms. The molecule has 1 aliphatic rings. The molecule has 7 nitrogen and oxygen atoms in total. The van der Waals surface area contributed by atoms with Crippen LogP contribution in [0.1, 0.15) is 27.0 Å². The number of nitrogens with zero attached hydrogens (tertiary/aromatic N) is 5. The van der Waals surface area contributed by atoms with Crippen LogP contribution in [0.4, 0.5) is 0 Å². The lowest BCUT2D eigenvalue weighted by atomic mass is 10.1. The van der Waals surface area contributed by atoms with E-state index in [1.54, 1.807) is 23.1 Å². The molecule has 158 valence electrons. The highest BCUT2D eigenvalue weighted by Gasteiger charge is 2.18. The van der Waals surface area contributed by atoms with Crippen LogP contribution in [-0.2, 0) is 4.74 Å². The molecule has 0 spiro atoms. The largest absolute Gasteiger partial charge is 0.378 e. The van der Waals surface area contributed by atoms with Crippen molar-refractivity contribution in [3.05, 3.63) is 83.4 Å². The van der Waals surface area contributed by atoms with Crippen LogP contribution in [0, 0.1) is 18.8 Å². The second kappa shape index (κ2) is 8.61. The molecule has 0 atom stereocenters. The average molecular weight is 423 g/mol. The maximum absolute atomic E-state index is 12.7. The summed E-state index contributed by atoms with van der Waals surface area (Å²) in [6, 6.07) is 11.4. The average Bonchev–Trinajstić information content (AvgIpc) is 3.26. The van der Waals surface area contributed by atoms with Gasteiger partial charge in [0.1, 0.15) is 0 Å². The SMILES string of the molecule is Cc1cnccc1C#Cc1cnn2ccc(-c3ccc(C(=O)N4CCOCC4)cc3)nc12. The van der Waals surface area contributed by atoms with Crippen LogP contribution in [-0.4, -0.2) is 56.7 Å². The second-order valence-electron chi connectivity index (χ2n) is 7.56. The number of ether oxygens (including phenoxy) is 1. The third-order valence-electron chi connectivity index (χ3n) is 5.45. The molecular weight excluding hydrogens is 402 g/mol. The smallest absolute Gasteiger partial charge is 0.254 e. The minimum absolute atomic E-state index is 0.0306. The van der Waals surface area contributed by atoms with Gasteiger partial charge in [-0.2, -0.15) is 5.10 Å². The maximum atomic E-state index is 12.7. The molecule has 1 aromatic carbocycles. The molecule has 4 aromatic rings. The van der Waals surface area contributed by atoms with Crippen LogP contribution in [0.3, 0.4) is 0 Å². The minimum Gasteiger partial charge on any atom is -0.378 e. The maximum Gasteiger partial charge on any atom is 0.254 e. The fraction of sp³-hybridized carbons (Fsp3) is 0.200. The van der Waals surface area contributed by atoms with Crippen molar-refractivity contribution < 1.29 is 9.53 Å². The number of morpholine rings is 1. The highest BCUT2D eigenvalue weighted by molar-refractivity contribution is 5.94. The predicted octanol–water partition coefficient (Wildman–Crippen LogP) is 2.97. The van der Waals surface area contributed by atoms with Gasteiger partial charge in [0, 0.05) is 48.4 Å². The van der Waals surface area contributed by atoms with Gasteiger partial charge in [-0.05, 0) is 36.8 Å². The van der Waals surface area contributed by atoms with Crippen molar-refractivity contribution in [1.29, 1.82) is 0 Å². The predicted molar refractivity (Wildman–Crippen MR) is 120 cm³/mol. The van der Waals surface area contributed by atoms with E-state index in [0.29, 0.717) is 37.5 Å². The van der Waals surface area contributed by atoms with E-state index < -0.39 is 0 Å². The molecule has 1 fully saturated rings. The number of carbonyl (C=O) groups is 1. The zero-order valence-electron chi connectivity index (χ0n) is 17.7. The Labute approximate surface area is 185 Å². The number of amides is 1. The van der Waals surface area contributed by atoms with E-state index in [4.69, 9.17) is 9.72 Å². The fourth-order valence-corrected chi connectivity index (χ4v) is 3.60. The molecule has 5 rings (SSSR count). The highest BCUT2D eigenvalue weighted by atomic mass is 16.5. The second-order valence-corrected chi connectivity index (χ2v) is 7.56. The molecule has 1 aliphatic heterocycles. The fourth-order valence-electron chi connectivity index (χ4n) is 3.60. The first-order chi connectivity index (χ1) is 15.7. The van der Waals surface area contributed by atoms with Crippen LogP contribution in [0.5, 0.6) is 0 Å². The van der Waals surface area contributed by atoms with Crippen molar-refractivity contribution in [2.45, 2.75) is 6.92 Å². The Balaban J connectivity index is 1.42. The van der Waals surface area contributed by atoms with Crippen molar-refractivity contribution in [2.75, 3.05) is 26.3 Å². The summed E-state index contributed by atoms with van der Waals surface area (Å²) >= 11 is 0. The Morgan fingerprint density at radius 3 is 2.56 bits per heavy atom. The summed E-state index contributed by atoms with van der Waals surface area (Å²) in [6.45, 7) is 4.42. The van der Waals surface area contributed by atoms with Crippen molar-refractivity contribution in [2.24, 2.45) is 0 Å². The summed E-state index contributed by atoms with van der Waals surface area (Å²) in [4.78, 5) is 23.4. The van der Waals surface area contributed by atoms with Crippen LogP contribution in [0.2, 0.25) is 0 Å². The first-order valence-corrected chi connectivity index (χ1v) is 10.4. The Morgan fingerprint density at radius 2 is 1.78 bits per heavy atom. The van der Waals surface area contributed by atoms with Gasteiger partial charge in [-0.25, -0.2) is 9.50 Å². The number of hydrogen-bond acceptors (Lipinski definition) is 5. The Kier molecular flexibility index (Phi) is 5.36. The van der Waals surface area contributed by atoms with E-state index in [0.717, 1.165) is 27.9 Å². The van der Waals surface area contributed by atoms with Gasteiger partial charge in [-0.3, -0.25) is 9.78 Å². The normalized spacial score (nSPS) is 13.6. The van der Waals surface area contributed by atoms with Gasteiger partial charge in [0.2, 0.25) is 0 Å². The lowest BCUT2D eigenvalue weighted by Gasteiger charge is -2.26. The van der Waals surface area contributed by atoms with Gasteiger partial charge in [0.05, 0.1) is 30.7 Å². The van der Waals surface area contributed by atoms with Gasteiger partial charge < -0.3 is 9.64 Å². The number of rotatable bonds is 2. The van der Waals surface area contributed by atoms with Crippen molar-refractivity contribution in [3.8, 4) is 23.1 Å². The molecule has 1 saturated heterocycles. The minimum atomic E-state index is 0.0306. The number of pyridine rings is 1. The summed E-state index contributed by atoms with van der Waals surface area (Å²) in [6.07, 6.45) is 7.12. The van der Waals surface area contributed by atoms with E-state index in [1.807, 2.05) is 54.4 Å². The number of hydrogen-bond donors (Lipinski definition) is 0. The first kappa shape index (κ1) is 19.9. The number of fused-ring (bicyclic) bond motifs is 1. The monoisotopic (exact) mass is 423 g/mol. The summed E-state index contributed by atoms with van der Waals surface area (Å²) in [5.41, 5.74) is 5.79. The standard InChI is InChI=1S/C25H21N5O2/c1-18-16-26-10-8-19(18)2-7-22-17-27-30-11-9-23(28-24(22)30)20-3-5-21(6-4-20)25(31)29-12-14-32-15-13-29/h3-6,8-11,16-17H,12-15H2,1H3. The molecular formula is C25H21N5O2. The molecule has 3 aromatic heterocycles. The highest BCUT2D eigenvalue weighted by Crippen LogP contribution is 2.20.